The predicted molar refractivity (Wildman–Crippen MR) is 97.8 cm³/mol. The molecule has 0 spiro atoms. The third-order valence-corrected chi connectivity index (χ3v) is 5.21. The van der Waals surface area contributed by atoms with Gasteiger partial charge in [-0.1, -0.05) is 5.16 Å². The Morgan fingerprint density at radius 1 is 1.22 bits per heavy atom. The molecule has 27 heavy (non-hydrogen) atoms. The zero-order valence-corrected chi connectivity index (χ0v) is 15.3. The molecule has 0 aromatic carbocycles. The van der Waals surface area contributed by atoms with E-state index in [4.69, 9.17) is 9.26 Å². The van der Waals surface area contributed by atoms with Gasteiger partial charge in [0, 0.05) is 30.8 Å². The molecule has 2 aliphatic rings. The van der Waals surface area contributed by atoms with Gasteiger partial charge in [0.25, 0.3) is 0 Å². The Morgan fingerprint density at radius 2 is 2.04 bits per heavy atom. The van der Waals surface area contributed by atoms with Crippen molar-refractivity contribution in [3.05, 3.63) is 30.4 Å². The molecular weight excluding hydrogens is 346 g/mol. The highest BCUT2D eigenvalue weighted by Crippen LogP contribution is 2.19. The van der Waals surface area contributed by atoms with Crippen molar-refractivity contribution in [2.45, 2.75) is 44.2 Å². The fraction of sp³-hybridized carbons (Fsp3) is 0.579. The second-order valence-electron chi connectivity index (χ2n) is 7.12. The fourth-order valence-corrected chi connectivity index (χ4v) is 3.77. The number of nitrogens with one attached hydrogen (secondary N) is 1. The molecular formula is C19H25N5O3. The molecule has 4 rings (SSSR count). The number of hydrogen-bond acceptors (Lipinski definition) is 7. The number of pyridine rings is 1. The van der Waals surface area contributed by atoms with Crippen LogP contribution in [0.3, 0.4) is 0 Å². The Hall–Kier alpha value is -2.32. The summed E-state index contributed by atoms with van der Waals surface area (Å²) in [6, 6.07) is 4.08. The lowest BCUT2D eigenvalue weighted by atomic mass is 10.1. The van der Waals surface area contributed by atoms with Gasteiger partial charge in [-0.05, 0) is 44.5 Å². The summed E-state index contributed by atoms with van der Waals surface area (Å²) in [7, 11) is 0. The molecule has 2 aliphatic heterocycles. The van der Waals surface area contributed by atoms with Gasteiger partial charge in [0.2, 0.25) is 17.6 Å². The molecule has 8 heteroatoms. The molecule has 2 aromatic rings. The van der Waals surface area contributed by atoms with Crippen molar-refractivity contribution >= 4 is 5.91 Å². The number of nitrogens with zero attached hydrogens (tertiary/aromatic N) is 4. The number of carbonyl (C=O) groups excluding carboxylic acids is 1. The lowest BCUT2D eigenvalue weighted by Crippen LogP contribution is -2.50. The second-order valence-corrected chi connectivity index (χ2v) is 7.12. The fourth-order valence-electron chi connectivity index (χ4n) is 3.77. The first-order valence-corrected chi connectivity index (χ1v) is 9.64. The van der Waals surface area contributed by atoms with E-state index < -0.39 is 0 Å². The van der Waals surface area contributed by atoms with Crippen LogP contribution in [0.5, 0.6) is 0 Å². The van der Waals surface area contributed by atoms with Crippen LogP contribution in [0.2, 0.25) is 0 Å². The van der Waals surface area contributed by atoms with Crippen molar-refractivity contribution < 1.29 is 14.1 Å². The van der Waals surface area contributed by atoms with Crippen LogP contribution in [-0.2, 0) is 16.0 Å². The van der Waals surface area contributed by atoms with E-state index in [1.54, 1.807) is 12.4 Å². The van der Waals surface area contributed by atoms with E-state index in [0.29, 0.717) is 50.2 Å². The topological polar surface area (TPSA) is 93.4 Å². The molecule has 2 atom stereocenters. The average Bonchev–Trinajstić information content (AvgIpc) is 3.44. The summed E-state index contributed by atoms with van der Waals surface area (Å²) in [4.78, 5) is 23.1. The van der Waals surface area contributed by atoms with Gasteiger partial charge in [-0.2, -0.15) is 4.98 Å². The first-order valence-electron chi connectivity index (χ1n) is 9.64. The van der Waals surface area contributed by atoms with E-state index >= 15 is 0 Å². The predicted octanol–water partition coefficient (Wildman–Crippen LogP) is 1.43. The summed E-state index contributed by atoms with van der Waals surface area (Å²) < 4.78 is 10.9. The van der Waals surface area contributed by atoms with Crippen molar-refractivity contribution in [2.24, 2.45) is 0 Å². The summed E-state index contributed by atoms with van der Waals surface area (Å²) in [6.45, 7) is 3.53. The normalized spacial score (nSPS) is 23.0. The van der Waals surface area contributed by atoms with Crippen molar-refractivity contribution in [2.75, 3.05) is 26.3 Å². The van der Waals surface area contributed by atoms with Crippen LogP contribution in [0, 0.1) is 0 Å². The third-order valence-electron chi connectivity index (χ3n) is 5.21. The second kappa shape index (κ2) is 8.58. The van der Waals surface area contributed by atoms with E-state index in [9.17, 15) is 4.79 Å². The Labute approximate surface area is 158 Å². The molecule has 2 saturated heterocycles. The molecule has 2 fully saturated rings. The van der Waals surface area contributed by atoms with E-state index in [-0.39, 0.29) is 11.9 Å². The van der Waals surface area contributed by atoms with Crippen molar-refractivity contribution in [1.29, 1.82) is 0 Å². The van der Waals surface area contributed by atoms with E-state index in [1.807, 2.05) is 12.1 Å². The van der Waals surface area contributed by atoms with Crippen LogP contribution in [0.1, 0.15) is 31.6 Å². The molecule has 0 aliphatic carbocycles. The number of aromatic nitrogens is 3. The highest BCUT2D eigenvalue weighted by molar-refractivity contribution is 5.76. The summed E-state index contributed by atoms with van der Waals surface area (Å²) in [5.41, 5.74) is 0.868. The number of likely N-dealkylation sites (tertiary alicyclic amines) is 1. The smallest absolute Gasteiger partial charge is 0.226 e. The lowest BCUT2D eigenvalue weighted by Gasteiger charge is -2.27. The van der Waals surface area contributed by atoms with Crippen LogP contribution in [0.4, 0.5) is 0 Å². The van der Waals surface area contributed by atoms with Gasteiger partial charge in [-0.25, -0.2) is 0 Å². The maximum atomic E-state index is 12.3. The summed E-state index contributed by atoms with van der Waals surface area (Å²) >= 11 is 0. The van der Waals surface area contributed by atoms with Gasteiger partial charge in [-0.15, -0.1) is 0 Å². The zero-order chi connectivity index (χ0) is 18.5. The minimum absolute atomic E-state index is 0.0589. The first-order chi connectivity index (χ1) is 13.3. The quantitative estimate of drug-likeness (QED) is 0.787. The molecule has 144 valence electrons. The zero-order valence-electron chi connectivity index (χ0n) is 15.3. The van der Waals surface area contributed by atoms with Crippen molar-refractivity contribution in [3.63, 3.8) is 0 Å². The van der Waals surface area contributed by atoms with Gasteiger partial charge in [0.15, 0.2) is 0 Å². The molecule has 1 amide bonds. The van der Waals surface area contributed by atoms with Gasteiger partial charge in [0.05, 0.1) is 25.3 Å². The lowest BCUT2D eigenvalue weighted by molar-refractivity contribution is -0.122. The maximum Gasteiger partial charge on any atom is 0.226 e. The van der Waals surface area contributed by atoms with Crippen LogP contribution in [-0.4, -0.2) is 64.3 Å². The first kappa shape index (κ1) is 18.1. The summed E-state index contributed by atoms with van der Waals surface area (Å²) in [5, 5.41) is 7.13. The van der Waals surface area contributed by atoms with Gasteiger partial charge < -0.3 is 14.6 Å². The van der Waals surface area contributed by atoms with Crippen molar-refractivity contribution in [1.82, 2.24) is 25.3 Å². The average molecular weight is 371 g/mol. The number of aryl methyl sites for hydroxylation is 1. The largest absolute Gasteiger partial charge is 0.378 e. The Bertz CT molecular complexity index is 745. The Balaban J connectivity index is 1.22. The van der Waals surface area contributed by atoms with Crippen LogP contribution < -0.4 is 5.32 Å². The van der Waals surface area contributed by atoms with Crippen LogP contribution in [0.15, 0.2) is 29.0 Å². The van der Waals surface area contributed by atoms with E-state index in [1.165, 1.54) is 12.8 Å². The number of ether oxygens (including phenoxy) is 1. The maximum absolute atomic E-state index is 12.3. The summed E-state index contributed by atoms with van der Waals surface area (Å²) in [6.07, 6.45) is 7.56. The molecule has 0 radical (unpaired) electrons. The number of carbonyl (C=O) groups is 1. The van der Waals surface area contributed by atoms with Crippen LogP contribution >= 0.6 is 0 Å². The van der Waals surface area contributed by atoms with E-state index in [0.717, 1.165) is 18.7 Å². The number of rotatable bonds is 7. The molecule has 2 aromatic heterocycles. The highest BCUT2D eigenvalue weighted by atomic mass is 16.5. The third kappa shape index (κ3) is 4.51. The van der Waals surface area contributed by atoms with Gasteiger partial charge >= 0.3 is 0 Å². The molecule has 0 bridgehead atoms. The Morgan fingerprint density at radius 3 is 2.85 bits per heavy atom. The molecule has 8 nitrogen and oxygen atoms in total. The monoisotopic (exact) mass is 371 g/mol. The Kier molecular flexibility index (Phi) is 5.74. The number of hydrogen-bond donors (Lipinski definition) is 1. The van der Waals surface area contributed by atoms with Gasteiger partial charge in [0.1, 0.15) is 0 Å². The SMILES string of the molecule is O=C(CCCc1nc(-c2ccncc2)no1)N[C@H]1COC[C@@H]1N1CCCC1. The van der Waals surface area contributed by atoms with Crippen LogP contribution in [0.25, 0.3) is 11.4 Å². The molecule has 0 saturated carbocycles. The minimum atomic E-state index is 0.0589. The summed E-state index contributed by atoms with van der Waals surface area (Å²) in [5.74, 6) is 1.16. The molecule has 4 heterocycles. The highest BCUT2D eigenvalue weighted by Gasteiger charge is 2.35. The van der Waals surface area contributed by atoms with Crippen molar-refractivity contribution in [3.8, 4) is 11.4 Å². The molecule has 0 unspecified atom stereocenters. The van der Waals surface area contributed by atoms with Gasteiger partial charge in [-0.3, -0.25) is 14.7 Å². The van der Waals surface area contributed by atoms with E-state index in [2.05, 4.69) is 25.3 Å². The number of amides is 1. The molecule has 1 N–H and O–H groups in total. The standard InChI is InChI=1S/C19H25N5O3/c25-17(21-15-12-26-13-16(15)24-10-1-2-11-24)4-3-5-18-22-19(23-27-18)14-6-8-20-9-7-14/h6-9,15-16H,1-5,10-13H2,(H,21,25)/t15-,16-/m0/s1. The minimum Gasteiger partial charge on any atom is -0.378 e.